The summed E-state index contributed by atoms with van der Waals surface area (Å²) in [5.74, 6) is -0.173. The first-order valence-electron chi connectivity index (χ1n) is 5.84. The minimum Gasteiger partial charge on any atom is -0.369 e. The second-order valence-corrected chi connectivity index (χ2v) is 6.46. The number of thiophene rings is 1. The van der Waals surface area contributed by atoms with Crippen molar-refractivity contribution in [2.45, 2.75) is 32.4 Å². The van der Waals surface area contributed by atoms with Gasteiger partial charge in [0, 0.05) is 24.0 Å². The highest BCUT2D eigenvalue weighted by atomic mass is 35.5. The van der Waals surface area contributed by atoms with Gasteiger partial charge in [0.15, 0.2) is 0 Å². The van der Waals surface area contributed by atoms with Crippen LogP contribution in [0.25, 0.3) is 0 Å². The van der Waals surface area contributed by atoms with E-state index in [9.17, 15) is 4.79 Å². The Morgan fingerprint density at radius 1 is 1.59 bits per heavy atom. The maximum absolute atomic E-state index is 11.2. The molecule has 1 aromatic rings. The Balaban J connectivity index is 2.00. The molecule has 1 fully saturated rings. The molecule has 2 rings (SSSR count). The monoisotopic (exact) mass is 272 g/mol. The quantitative estimate of drug-likeness (QED) is 0.919. The Kier molecular flexibility index (Phi) is 4.07. The number of carbonyl (C=O) groups excluding carboxylic acids is 1. The van der Waals surface area contributed by atoms with E-state index in [1.165, 1.54) is 4.88 Å². The van der Waals surface area contributed by atoms with Crippen LogP contribution in [0.15, 0.2) is 12.1 Å². The van der Waals surface area contributed by atoms with Gasteiger partial charge in [-0.1, -0.05) is 11.6 Å². The molecule has 3 nitrogen and oxygen atoms in total. The van der Waals surface area contributed by atoms with Gasteiger partial charge in [0.1, 0.15) is 0 Å². The maximum Gasteiger partial charge on any atom is 0.221 e. The van der Waals surface area contributed by atoms with E-state index < -0.39 is 0 Å². The average molecular weight is 273 g/mol. The smallest absolute Gasteiger partial charge is 0.221 e. The fourth-order valence-corrected chi connectivity index (χ4v) is 3.38. The van der Waals surface area contributed by atoms with E-state index in [4.69, 9.17) is 17.3 Å². The predicted molar refractivity (Wildman–Crippen MR) is 71.1 cm³/mol. The van der Waals surface area contributed by atoms with E-state index in [-0.39, 0.29) is 11.8 Å². The lowest BCUT2D eigenvalue weighted by Gasteiger charge is -2.36. The van der Waals surface area contributed by atoms with Crippen LogP contribution in [0.2, 0.25) is 4.34 Å². The summed E-state index contributed by atoms with van der Waals surface area (Å²) >= 11 is 7.52. The van der Waals surface area contributed by atoms with Crippen LogP contribution in [-0.2, 0) is 11.3 Å². The van der Waals surface area contributed by atoms with Crippen LogP contribution in [-0.4, -0.2) is 23.4 Å². The number of nitrogens with two attached hydrogens (primary N) is 1. The Morgan fingerprint density at radius 2 is 2.35 bits per heavy atom. The molecule has 1 aliphatic heterocycles. The van der Waals surface area contributed by atoms with E-state index >= 15 is 0 Å². The van der Waals surface area contributed by atoms with Crippen LogP contribution in [0.5, 0.6) is 0 Å². The Labute approximate surface area is 111 Å². The van der Waals surface area contributed by atoms with Crippen molar-refractivity contribution < 1.29 is 4.79 Å². The first-order chi connectivity index (χ1) is 8.06. The molecule has 0 aliphatic carbocycles. The van der Waals surface area contributed by atoms with E-state index in [0.29, 0.717) is 6.04 Å². The number of halogens is 1. The molecule has 0 spiro atoms. The third-order valence-corrected chi connectivity index (χ3v) is 4.62. The van der Waals surface area contributed by atoms with Crippen LogP contribution < -0.4 is 5.73 Å². The van der Waals surface area contributed by atoms with Crippen molar-refractivity contribution in [3.63, 3.8) is 0 Å². The van der Waals surface area contributed by atoms with Gasteiger partial charge < -0.3 is 5.73 Å². The van der Waals surface area contributed by atoms with Crippen LogP contribution >= 0.6 is 22.9 Å². The van der Waals surface area contributed by atoms with Crippen molar-refractivity contribution >= 4 is 28.8 Å². The number of nitrogens with zero attached hydrogens (tertiary/aromatic N) is 1. The predicted octanol–water partition coefficient (Wildman–Crippen LogP) is 2.49. The third-order valence-electron chi connectivity index (χ3n) is 3.40. The Bertz CT molecular complexity index is 407. The lowest BCUT2D eigenvalue weighted by Crippen LogP contribution is -2.45. The average Bonchev–Trinajstić information content (AvgIpc) is 2.67. The minimum absolute atomic E-state index is 0.00151. The zero-order chi connectivity index (χ0) is 12.4. The molecule has 94 valence electrons. The summed E-state index contributed by atoms with van der Waals surface area (Å²) in [6.07, 6.45) is 1.95. The Hall–Kier alpha value is -0.580. The molecule has 0 aromatic carbocycles. The number of hydrogen-bond acceptors (Lipinski definition) is 3. The minimum atomic E-state index is -0.175. The molecule has 2 atom stereocenters. The van der Waals surface area contributed by atoms with Crippen molar-refractivity contribution in [3.05, 3.63) is 21.3 Å². The van der Waals surface area contributed by atoms with Gasteiger partial charge in [0.2, 0.25) is 5.91 Å². The molecule has 5 heteroatoms. The Morgan fingerprint density at radius 3 is 2.94 bits per heavy atom. The molecule has 0 radical (unpaired) electrons. The molecule has 1 aromatic heterocycles. The van der Waals surface area contributed by atoms with Crippen molar-refractivity contribution in [2.24, 2.45) is 11.7 Å². The van der Waals surface area contributed by atoms with Crippen molar-refractivity contribution in [1.29, 1.82) is 0 Å². The molecule has 2 unspecified atom stereocenters. The summed E-state index contributed by atoms with van der Waals surface area (Å²) in [7, 11) is 0. The first-order valence-corrected chi connectivity index (χ1v) is 7.03. The normalized spacial score (nSPS) is 26.0. The van der Waals surface area contributed by atoms with Gasteiger partial charge in [-0.2, -0.15) is 0 Å². The van der Waals surface area contributed by atoms with Gasteiger partial charge in [-0.25, -0.2) is 0 Å². The fourth-order valence-electron chi connectivity index (χ4n) is 2.27. The number of primary amides is 1. The largest absolute Gasteiger partial charge is 0.369 e. The number of carbonyl (C=O) groups is 1. The molecule has 1 amide bonds. The van der Waals surface area contributed by atoms with Crippen LogP contribution in [0.3, 0.4) is 0 Å². The third kappa shape index (κ3) is 3.21. The molecule has 1 aliphatic rings. The lowest BCUT2D eigenvalue weighted by atomic mass is 9.93. The van der Waals surface area contributed by atoms with Gasteiger partial charge >= 0.3 is 0 Å². The zero-order valence-corrected chi connectivity index (χ0v) is 11.4. The van der Waals surface area contributed by atoms with Crippen LogP contribution in [0.1, 0.15) is 24.6 Å². The highest BCUT2D eigenvalue weighted by Gasteiger charge is 2.28. The van der Waals surface area contributed by atoms with E-state index in [1.54, 1.807) is 11.3 Å². The highest BCUT2D eigenvalue weighted by molar-refractivity contribution is 7.16. The van der Waals surface area contributed by atoms with Crippen molar-refractivity contribution in [1.82, 2.24) is 4.90 Å². The highest BCUT2D eigenvalue weighted by Crippen LogP contribution is 2.27. The molecular formula is C12H17ClN2OS. The van der Waals surface area contributed by atoms with Gasteiger partial charge in [-0.05, 0) is 31.9 Å². The van der Waals surface area contributed by atoms with Gasteiger partial charge in [0.05, 0.1) is 10.3 Å². The van der Waals surface area contributed by atoms with E-state index in [2.05, 4.69) is 11.8 Å². The summed E-state index contributed by atoms with van der Waals surface area (Å²) in [6, 6.07) is 4.47. The zero-order valence-electron chi connectivity index (χ0n) is 9.86. The molecular weight excluding hydrogens is 256 g/mol. The summed E-state index contributed by atoms with van der Waals surface area (Å²) in [6.45, 7) is 3.83. The number of likely N-dealkylation sites (tertiary alicyclic amines) is 1. The summed E-state index contributed by atoms with van der Waals surface area (Å²) in [5, 5.41) is 0. The summed E-state index contributed by atoms with van der Waals surface area (Å²) < 4.78 is 0.816. The second kappa shape index (κ2) is 5.38. The first kappa shape index (κ1) is 12.9. The standard InChI is InChI=1S/C12H17ClN2OS/c1-8-2-3-9(12(14)16)6-15(8)7-10-4-5-11(13)17-10/h4-5,8-9H,2-3,6-7H2,1H3,(H2,14,16). The molecule has 1 saturated heterocycles. The molecule has 2 heterocycles. The number of hydrogen-bond donors (Lipinski definition) is 1. The summed E-state index contributed by atoms with van der Waals surface area (Å²) in [4.78, 5) is 14.8. The second-order valence-electron chi connectivity index (χ2n) is 4.66. The molecule has 0 bridgehead atoms. The fraction of sp³-hybridized carbons (Fsp3) is 0.583. The SMILES string of the molecule is CC1CCC(C(N)=O)CN1Cc1ccc(Cl)s1. The van der Waals surface area contributed by atoms with Gasteiger partial charge in [-0.15, -0.1) is 11.3 Å². The lowest BCUT2D eigenvalue weighted by molar-refractivity contribution is -0.124. The van der Waals surface area contributed by atoms with Gasteiger partial charge in [0.25, 0.3) is 0 Å². The number of rotatable bonds is 3. The topological polar surface area (TPSA) is 46.3 Å². The van der Waals surface area contributed by atoms with Gasteiger partial charge in [-0.3, -0.25) is 9.69 Å². The van der Waals surface area contributed by atoms with E-state index in [1.807, 2.05) is 12.1 Å². The van der Waals surface area contributed by atoms with Crippen LogP contribution in [0.4, 0.5) is 0 Å². The van der Waals surface area contributed by atoms with E-state index in [0.717, 1.165) is 30.3 Å². The number of piperidine rings is 1. The maximum atomic E-state index is 11.2. The van der Waals surface area contributed by atoms with Crippen molar-refractivity contribution in [2.75, 3.05) is 6.54 Å². The molecule has 0 saturated carbocycles. The summed E-state index contributed by atoms with van der Waals surface area (Å²) in [5.41, 5.74) is 5.39. The molecule has 2 N–H and O–H groups in total. The van der Waals surface area contributed by atoms with Crippen LogP contribution in [0, 0.1) is 5.92 Å². The van der Waals surface area contributed by atoms with Crippen molar-refractivity contribution in [3.8, 4) is 0 Å². The number of amides is 1. The molecule has 17 heavy (non-hydrogen) atoms.